The third kappa shape index (κ3) is 4.59. The van der Waals surface area contributed by atoms with Crippen LogP contribution >= 0.6 is 11.3 Å². The summed E-state index contributed by atoms with van der Waals surface area (Å²) < 4.78 is 1.73. The summed E-state index contributed by atoms with van der Waals surface area (Å²) in [5.41, 5.74) is 0.975. The van der Waals surface area contributed by atoms with E-state index in [0.717, 1.165) is 10.6 Å². The molecule has 0 spiro atoms. The zero-order valence-electron chi connectivity index (χ0n) is 15.3. The van der Waals surface area contributed by atoms with Gasteiger partial charge in [0.1, 0.15) is 16.4 Å². The normalized spacial score (nSPS) is 11.4. The van der Waals surface area contributed by atoms with Crippen molar-refractivity contribution in [2.75, 3.05) is 5.32 Å². The SMILES string of the molecule is CC(C)(C)C(=O)Nc1cccc(Cn2ccc(-c3ccc(C(=O)O)s3)n2)n1. The van der Waals surface area contributed by atoms with E-state index in [1.165, 1.54) is 11.3 Å². The highest BCUT2D eigenvalue weighted by Crippen LogP contribution is 2.26. The first-order chi connectivity index (χ1) is 12.7. The van der Waals surface area contributed by atoms with Gasteiger partial charge in [0.2, 0.25) is 5.91 Å². The number of hydrogen-bond acceptors (Lipinski definition) is 5. The van der Waals surface area contributed by atoms with Crippen LogP contribution < -0.4 is 5.32 Å². The quantitative estimate of drug-likeness (QED) is 0.698. The number of carboxylic acids is 1. The lowest BCUT2D eigenvalue weighted by atomic mass is 9.96. The lowest BCUT2D eigenvalue weighted by molar-refractivity contribution is -0.123. The van der Waals surface area contributed by atoms with E-state index in [0.29, 0.717) is 18.1 Å². The van der Waals surface area contributed by atoms with Crippen LogP contribution in [-0.2, 0) is 11.3 Å². The number of nitrogens with one attached hydrogen (secondary N) is 1. The Labute approximate surface area is 160 Å². The lowest BCUT2D eigenvalue weighted by Crippen LogP contribution is -2.28. The Morgan fingerprint density at radius 3 is 2.63 bits per heavy atom. The second-order valence-electron chi connectivity index (χ2n) is 7.09. The molecular weight excluding hydrogens is 364 g/mol. The lowest BCUT2D eigenvalue weighted by Gasteiger charge is -2.17. The monoisotopic (exact) mass is 384 g/mol. The first-order valence-electron chi connectivity index (χ1n) is 8.37. The van der Waals surface area contributed by atoms with Crippen LogP contribution in [0, 0.1) is 5.41 Å². The molecule has 3 heterocycles. The zero-order chi connectivity index (χ0) is 19.6. The Balaban J connectivity index is 1.72. The Morgan fingerprint density at radius 2 is 1.96 bits per heavy atom. The number of thiophene rings is 1. The molecule has 2 N–H and O–H groups in total. The van der Waals surface area contributed by atoms with E-state index in [4.69, 9.17) is 5.11 Å². The van der Waals surface area contributed by atoms with Crippen molar-refractivity contribution >= 4 is 29.0 Å². The fourth-order valence-electron chi connectivity index (χ4n) is 2.28. The minimum absolute atomic E-state index is 0.0968. The van der Waals surface area contributed by atoms with Gasteiger partial charge in [-0.3, -0.25) is 9.48 Å². The van der Waals surface area contributed by atoms with Gasteiger partial charge in [-0.05, 0) is 30.3 Å². The Bertz CT molecular complexity index is 985. The Kier molecular flexibility index (Phi) is 5.09. The fourth-order valence-corrected chi connectivity index (χ4v) is 3.09. The highest BCUT2D eigenvalue weighted by molar-refractivity contribution is 7.17. The van der Waals surface area contributed by atoms with E-state index >= 15 is 0 Å². The molecule has 0 aromatic carbocycles. The number of pyridine rings is 1. The zero-order valence-corrected chi connectivity index (χ0v) is 16.1. The molecule has 0 fully saturated rings. The van der Waals surface area contributed by atoms with Gasteiger partial charge >= 0.3 is 5.97 Å². The summed E-state index contributed by atoms with van der Waals surface area (Å²) in [6.45, 7) is 5.98. The van der Waals surface area contributed by atoms with Crippen molar-refractivity contribution in [3.05, 3.63) is 53.2 Å². The van der Waals surface area contributed by atoms with Crippen molar-refractivity contribution in [2.45, 2.75) is 27.3 Å². The number of amides is 1. The summed E-state index contributed by atoms with van der Waals surface area (Å²) in [6, 6.07) is 10.6. The van der Waals surface area contributed by atoms with Crippen molar-refractivity contribution in [3.8, 4) is 10.6 Å². The van der Waals surface area contributed by atoms with Gasteiger partial charge in [-0.1, -0.05) is 26.8 Å². The van der Waals surface area contributed by atoms with Gasteiger partial charge in [0.05, 0.1) is 17.1 Å². The van der Waals surface area contributed by atoms with Crippen molar-refractivity contribution in [1.82, 2.24) is 14.8 Å². The number of aromatic carboxylic acids is 1. The standard InChI is InChI=1S/C19H20N4O3S/c1-19(2,3)18(26)21-16-6-4-5-12(20-16)11-23-10-9-13(22-23)14-7-8-15(27-14)17(24)25/h4-10H,11H2,1-3H3,(H,24,25)(H,20,21,26). The molecule has 0 atom stereocenters. The van der Waals surface area contributed by atoms with Crippen molar-refractivity contribution in [3.63, 3.8) is 0 Å². The number of hydrogen-bond donors (Lipinski definition) is 2. The van der Waals surface area contributed by atoms with Gasteiger partial charge in [0.25, 0.3) is 0 Å². The summed E-state index contributed by atoms with van der Waals surface area (Å²) in [6.07, 6.45) is 1.82. The maximum atomic E-state index is 12.1. The molecule has 0 saturated carbocycles. The maximum Gasteiger partial charge on any atom is 0.345 e. The van der Waals surface area contributed by atoms with Gasteiger partial charge in [0, 0.05) is 11.6 Å². The van der Waals surface area contributed by atoms with Crippen LogP contribution in [0.3, 0.4) is 0 Å². The molecule has 3 rings (SSSR count). The van der Waals surface area contributed by atoms with Crippen LogP contribution in [0.4, 0.5) is 5.82 Å². The second kappa shape index (κ2) is 7.32. The molecule has 0 aliphatic heterocycles. The van der Waals surface area contributed by atoms with Gasteiger partial charge in [0.15, 0.2) is 0 Å². The number of aromatic nitrogens is 3. The highest BCUT2D eigenvalue weighted by atomic mass is 32.1. The van der Waals surface area contributed by atoms with Crippen LogP contribution in [0.25, 0.3) is 10.6 Å². The highest BCUT2D eigenvalue weighted by Gasteiger charge is 2.21. The molecule has 0 radical (unpaired) electrons. The average Bonchev–Trinajstić information content (AvgIpc) is 3.23. The van der Waals surface area contributed by atoms with E-state index in [2.05, 4.69) is 15.4 Å². The number of carboxylic acid groups (broad SMARTS) is 1. The molecule has 8 heteroatoms. The number of rotatable bonds is 5. The van der Waals surface area contributed by atoms with Gasteiger partial charge in [-0.15, -0.1) is 11.3 Å². The Morgan fingerprint density at radius 1 is 1.19 bits per heavy atom. The maximum absolute atomic E-state index is 12.1. The first-order valence-corrected chi connectivity index (χ1v) is 9.18. The minimum Gasteiger partial charge on any atom is -0.477 e. The third-order valence-electron chi connectivity index (χ3n) is 3.76. The molecule has 0 bridgehead atoms. The molecule has 0 saturated heterocycles. The minimum atomic E-state index is -0.941. The van der Waals surface area contributed by atoms with Crippen molar-refractivity contribution < 1.29 is 14.7 Å². The second-order valence-corrected chi connectivity index (χ2v) is 8.17. The molecule has 0 aliphatic rings. The molecule has 140 valence electrons. The van der Waals surface area contributed by atoms with E-state index in [1.807, 2.05) is 45.2 Å². The van der Waals surface area contributed by atoms with E-state index in [-0.39, 0.29) is 10.8 Å². The average molecular weight is 384 g/mol. The molecule has 27 heavy (non-hydrogen) atoms. The van der Waals surface area contributed by atoms with Crippen LogP contribution in [-0.4, -0.2) is 31.7 Å². The largest absolute Gasteiger partial charge is 0.477 e. The number of carbonyl (C=O) groups is 2. The molecule has 0 aliphatic carbocycles. The molecular formula is C19H20N4O3S. The predicted octanol–water partition coefficient (Wildman–Crippen LogP) is 3.74. The first kappa shape index (κ1) is 18.8. The third-order valence-corrected chi connectivity index (χ3v) is 4.86. The topological polar surface area (TPSA) is 97.1 Å². The smallest absolute Gasteiger partial charge is 0.345 e. The summed E-state index contributed by atoms with van der Waals surface area (Å²) in [5.74, 6) is -0.534. The van der Waals surface area contributed by atoms with Crippen molar-refractivity contribution in [1.29, 1.82) is 0 Å². The van der Waals surface area contributed by atoms with Gasteiger partial charge in [-0.25, -0.2) is 9.78 Å². The summed E-state index contributed by atoms with van der Waals surface area (Å²) in [7, 11) is 0. The molecule has 1 amide bonds. The van der Waals surface area contributed by atoms with E-state index < -0.39 is 11.4 Å². The summed E-state index contributed by atoms with van der Waals surface area (Å²) in [4.78, 5) is 28.7. The summed E-state index contributed by atoms with van der Waals surface area (Å²) in [5, 5.41) is 16.3. The Hall–Kier alpha value is -3.00. The van der Waals surface area contributed by atoms with Crippen molar-refractivity contribution in [2.24, 2.45) is 5.41 Å². The summed E-state index contributed by atoms with van der Waals surface area (Å²) >= 11 is 1.19. The molecule has 3 aromatic rings. The van der Waals surface area contributed by atoms with Crippen LogP contribution in [0.1, 0.15) is 36.1 Å². The van der Waals surface area contributed by atoms with E-state index in [1.54, 1.807) is 22.9 Å². The number of carbonyl (C=O) groups excluding carboxylic acids is 1. The number of anilines is 1. The van der Waals surface area contributed by atoms with Crippen LogP contribution in [0.2, 0.25) is 0 Å². The molecule has 7 nitrogen and oxygen atoms in total. The number of nitrogens with zero attached hydrogens (tertiary/aromatic N) is 3. The van der Waals surface area contributed by atoms with Crippen LogP contribution in [0.5, 0.6) is 0 Å². The van der Waals surface area contributed by atoms with E-state index in [9.17, 15) is 9.59 Å². The molecule has 0 unspecified atom stereocenters. The fraction of sp³-hybridized carbons (Fsp3) is 0.263. The van der Waals surface area contributed by atoms with Gasteiger partial charge in [-0.2, -0.15) is 5.10 Å². The molecule has 3 aromatic heterocycles. The predicted molar refractivity (Wildman–Crippen MR) is 104 cm³/mol. The van der Waals surface area contributed by atoms with Crippen LogP contribution in [0.15, 0.2) is 42.6 Å². The van der Waals surface area contributed by atoms with Gasteiger partial charge < -0.3 is 10.4 Å².